The summed E-state index contributed by atoms with van der Waals surface area (Å²) in [4.78, 5) is 0. The topological polar surface area (TPSA) is 0 Å². The summed E-state index contributed by atoms with van der Waals surface area (Å²) in [6.07, 6.45) is 5.60. The number of benzene rings is 2. The van der Waals surface area contributed by atoms with E-state index in [0.717, 1.165) is 12.8 Å². The van der Waals surface area contributed by atoms with Gasteiger partial charge in [0.05, 0.1) is 0 Å². The van der Waals surface area contributed by atoms with E-state index in [0.29, 0.717) is 0 Å². The minimum atomic E-state index is 1.02. The minimum absolute atomic E-state index is 1.02. The second-order valence-electron chi connectivity index (χ2n) is 3.88. The average molecular weight is 192 g/mol. The Hall–Kier alpha value is -1.56. The number of hydrogen-bond acceptors (Lipinski definition) is 0. The van der Waals surface area contributed by atoms with Gasteiger partial charge < -0.3 is 0 Å². The maximum atomic E-state index is 3.47. The van der Waals surface area contributed by atoms with E-state index in [1.807, 2.05) is 0 Å². The molecule has 15 heavy (non-hydrogen) atoms. The van der Waals surface area contributed by atoms with Crippen LogP contribution in [0.5, 0.6) is 0 Å². The third-order valence-electron chi connectivity index (χ3n) is 2.94. The van der Waals surface area contributed by atoms with E-state index >= 15 is 0 Å². The van der Waals surface area contributed by atoms with Crippen molar-refractivity contribution in [3.63, 3.8) is 0 Å². The van der Waals surface area contributed by atoms with Crippen LogP contribution >= 0.6 is 0 Å². The summed E-state index contributed by atoms with van der Waals surface area (Å²) >= 11 is 0. The highest BCUT2D eigenvalue weighted by Crippen LogP contribution is 2.32. The lowest BCUT2D eigenvalue weighted by Crippen LogP contribution is -1.86. The van der Waals surface area contributed by atoms with Gasteiger partial charge in [0.15, 0.2) is 0 Å². The third kappa shape index (κ3) is 1.46. The van der Waals surface area contributed by atoms with Crippen LogP contribution in [-0.4, -0.2) is 0 Å². The van der Waals surface area contributed by atoms with Crippen molar-refractivity contribution < 1.29 is 0 Å². The lowest BCUT2D eigenvalue weighted by Gasteiger charge is -2.07. The average Bonchev–Trinajstić information content (AvgIpc) is 2.48. The molecule has 0 bridgehead atoms. The van der Waals surface area contributed by atoms with Crippen LogP contribution < -0.4 is 0 Å². The van der Waals surface area contributed by atoms with Gasteiger partial charge in [-0.05, 0) is 35.1 Å². The maximum Gasteiger partial charge on any atom is 0.0174 e. The number of fused-ring (bicyclic) bond motifs is 3. The Bertz CT molecular complexity index is 437. The van der Waals surface area contributed by atoms with Crippen molar-refractivity contribution in [2.45, 2.75) is 12.8 Å². The van der Waals surface area contributed by atoms with Crippen LogP contribution in [0.3, 0.4) is 0 Å². The van der Waals surface area contributed by atoms with Crippen LogP contribution in [0.1, 0.15) is 17.5 Å². The lowest BCUT2D eigenvalue weighted by atomic mass is 9.97. The fourth-order valence-corrected chi connectivity index (χ4v) is 2.21. The molecule has 2 aromatic rings. The van der Waals surface area contributed by atoms with Crippen molar-refractivity contribution in [1.82, 2.24) is 0 Å². The number of rotatable bonds is 0. The molecular weight excluding hydrogens is 180 g/mol. The first-order chi connectivity index (χ1) is 7.45. The molecule has 1 aliphatic carbocycles. The van der Waals surface area contributed by atoms with Crippen LogP contribution in [0, 0.1) is 6.42 Å². The normalized spacial score (nSPS) is 13.9. The molecule has 0 N–H and O–H groups in total. The second-order valence-corrected chi connectivity index (χ2v) is 3.88. The van der Waals surface area contributed by atoms with Gasteiger partial charge in [-0.2, -0.15) is 0 Å². The predicted molar refractivity (Wildman–Crippen MR) is 62.5 cm³/mol. The molecule has 0 fully saturated rings. The van der Waals surface area contributed by atoms with Crippen molar-refractivity contribution in [2.24, 2.45) is 0 Å². The van der Waals surface area contributed by atoms with Gasteiger partial charge in [0.2, 0.25) is 0 Å². The molecule has 2 aromatic carbocycles. The maximum absolute atomic E-state index is 3.47. The van der Waals surface area contributed by atoms with E-state index in [9.17, 15) is 0 Å². The standard InChI is InChI=1S/C15H12/c1-3-10-14-12(6-1)8-5-9-13-7-2-4-11-15(13)14/h1-4,6-7,10-11H,5,8H2. The van der Waals surface area contributed by atoms with E-state index in [2.05, 4.69) is 55.0 Å². The van der Waals surface area contributed by atoms with Crippen molar-refractivity contribution in [3.8, 4) is 11.1 Å². The van der Waals surface area contributed by atoms with Crippen molar-refractivity contribution in [1.29, 1.82) is 0 Å². The zero-order valence-corrected chi connectivity index (χ0v) is 8.53. The summed E-state index contributed by atoms with van der Waals surface area (Å²) < 4.78 is 0. The van der Waals surface area contributed by atoms with Crippen molar-refractivity contribution in [2.75, 3.05) is 0 Å². The molecule has 0 unspecified atom stereocenters. The molecule has 1 aliphatic rings. The van der Waals surface area contributed by atoms with Crippen molar-refractivity contribution >= 4 is 0 Å². The predicted octanol–water partition coefficient (Wildman–Crippen LogP) is 3.73. The molecule has 2 radical (unpaired) electrons. The smallest absolute Gasteiger partial charge is 0.0174 e. The quantitative estimate of drug-likeness (QED) is 0.596. The fraction of sp³-hybridized carbons (Fsp3) is 0.133. The van der Waals surface area contributed by atoms with Crippen LogP contribution in [0.15, 0.2) is 48.5 Å². The van der Waals surface area contributed by atoms with E-state index in [1.54, 1.807) is 0 Å². The number of hydrogen-bond donors (Lipinski definition) is 0. The molecule has 0 heteroatoms. The molecule has 0 heterocycles. The molecule has 0 aliphatic heterocycles. The highest BCUT2D eigenvalue weighted by Gasteiger charge is 2.12. The molecule has 0 aromatic heterocycles. The Morgan fingerprint density at radius 1 is 0.800 bits per heavy atom. The monoisotopic (exact) mass is 192 g/mol. The molecule has 0 saturated heterocycles. The first-order valence-electron chi connectivity index (χ1n) is 5.36. The molecular formula is C15H12. The largest absolute Gasteiger partial charge is 0.0620 e. The second kappa shape index (κ2) is 3.54. The Morgan fingerprint density at radius 2 is 1.53 bits per heavy atom. The van der Waals surface area contributed by atoms with E-state index < -0.39 is 0 Å². The van der Waals surface area contributed by atoms with Crippen LogP contribution in [0.4, 0.5) is 0 Å². The van der Waals surface area contributed by atoms with Gasteiger partial charge in [0.1, 0.15) is 0 Å². The van der Waals surface area contributed by atoms with Crippen LogP contribution in [0.25, 0.3) is 11.1 Å². The fourth-order valence-electron chi connectivity index (χ4n) is 2.21. The summed E-state index contributed by atoms with van der Waals surface area (Å²) in [6, 6.07) is 17.2. The molecule has 0 spiro atoms. The van der Waals surface area contributed by atoms with Gasteiger partial charge >= 0.3 is 0 Å². The third-order valence-corrected chi connectivity index (χ3v) is 2.94. The first-order valence-corrected chi connectivity index (χ1v) is 5.36. The zero-order chi connectivity index (χ0) is 10.1. The summed E-state index contributed by atoms with van der Waals surface area (Å²) in [7, 11) is 0. The van der Waals surface area contributed by atoms with Gasteiger partial charge in [-0.15, -0.1) is 0 Å². The number of aryl methyl sites for hydroxylation is 1. The molecule has 0 saturated carbocycles. The Labute approximate surface area is 90.6 Å². The summed E-state index contributed by atoms with van der Waals surface area (Å²) in [5.41, 5.74) is 5.39. The Kier molecular flexibility index (Phi) is 2.06. The zero-order valence-electron chi connectivity index (χ0n) is 8.53. The SMILES string of the molecule is [C]1CCc2ccccc2-c2ccccc21. The van der Waals surface area contributed by atoms with Gasteiger partial charge in [-0.25, -0.2) is 0 Å². The van der Waals surface area contributed by atoms with E-state index in [1.165, 1.54) is 22.3 Å². The molecule has 3 rings (SSSR count). The van der Waals surface area contributed by atoms with E-state index in [4.69, 9.17) is 0 Å². The van der Waals surface area contributed by atoms with Gasteiger partial charge in [-0.3, -0.25) is 0 Å². The van der Waals surface area contributed by atoms with Crippen molar-refractivity contribution in [3.05, 3.63) is 66.1 Å². The molecule has 72 valence electrons. The highest BCUT2D eigenvalue weighted by atomic mass is 14.2. The summed E-state index contributed by atoms with van der Waals surface area (Å²) in [5, 5.41) is 0. The lowest BCUT2D eigenvalue weighted by molar-refractivity contribution is 0.966. The first kappa shape index (κ1) is 8.72. The molecule has 0 amide bonds. The van der Waals surface area contributed by atoms with Gasteiger partial charge in [0.25, 0.3) is 0 Å². The Morgan fingerprint density at radius 3 is 2.47 bits per heavy atom. The molecule has 0 nitrogen and oxygen atoms in total. The van der Waals surface area contributed by atoms with Gasteiger partial charge in [0, 0.05) is 6.42 Å². The van der Waals surface area contributed by atoms with Crippen LogP contribution in [-0.2, 0) is 6.42 Å². The molecule has 0 atom stereocenters. The highest BCUT2D eigenvalue weighted by molar-refractivity contribution is 5.73. The Balaban J connectivity index is 2.27. The minimum Gasteiger partial charge on any atom is -0.0620 e. The van der Waals surface area contributed by atoms with E-state index in [-0.39, 0.29) is 0 Å². The summed E-state index contributed by atoms with van der Waals surface area (Å²) in [6.45, 7) is 0. The van der Waals surface area contributed by atoms with Gasteiger partial charge in [-0.1, -0.05) is 48.5 Å². The van der Waals surface area contributed by atoms with Crippen LogP contribution in [0.2, 0.25) is 0 Å². The summed E-state index contributed by atoms with van der Waals surface area (Å²) in [5.74, 6) is 0.